The minimum absolute atomic E-state index is 0.0151. The quantitative estimate of drug-likeness (QED) is 0.496. The van der Waals surface area contributed by atoms with Gasteiger partial charge in [0, 0.05) is 30.2 Å². The van der Waals surface area contributed by atoms with Crippen LogP contribution in [-0.4, -0.2) is 47.2 Å². The maximum atomic E-state index is 12.7. The number of fused-ring (bicyclic) bond motifs is 1. The van der Waals surface area contributed by atoms with Crippen molar-refractivity contribution in [2.75, 3.05) is 25.1 Å². The number of carbonyl (C=O) groups is 2. The van der Waals surface area contributed by atoms with Crippen LogP contribution in [0.25, 0.3) is 0 Å². The summed E-state index contributed by atoms with van der Waals surface area (Å²) in [6.45, 7) is -0.765. The van der Waals surface area contributed by atoms with Gasteiger partial charge in [0.25, 0.3) is 0 Å². The Balaban J connectivity index is 2.25. The van der Waals surface area contributed by atoms with Crippen LogP contribution in [0.2, 0.25) is 0 Å². The lowest BCUT2D eigenvalue weighted by atomic mass is 9.99. The molecule has 0 aromatic carbocycles. The summed E-state index contributed by atoms with van der Waals surface area (Å²) in [5.41, 5.74) is 7.37. The first kappa shape index (κ1) is 20.3. The number of quaternary nitrogens is 1. The summed E-state index contributed by atoms with van der Waals surface area (Å²) in [6.07, 6.45) is 2.97. The van der Waals surface area contributed by atoms with Crippen molar-refractivity contribution in [3.63, 3.8) is 0 Å². The Morgan fingerprint density at radius 3 is 2.90 bits per heavy atom. The molecule has 9 nitrogen and oxygen atoms in total. The molecule has 1 atom stereocenters. The average Bonchev–Trinajstić information content (AvgIpc) is 2.75. The van der Waals surface area contributed by atoms with Crippen LogP contribution in [0.4, 0.5) is 26.5 Å². The van der Waals surface area contributed by atoms with Crippen molar-refractivity contribution in [2.45, 2.75) is 19.4 Å². The first-order valence-corrected chi connectivity index (χ1v) is 8.99. The molecule has 150 valence electrons. The summed E-state index contributed by atoms with van der Waals surface area (Å²) in [7, 11) is 0. The van der Waals surface area contributed by atoms with Gasteiger partial charge in [-0.2, -0.15) is 10.2 Å². The van der Waals surface area contributed by atoms with Crippen molar-refractivity contribution < 1.29 is 19.1 Å². The predicted molar refractivity (Wildman–Crippen MR) is 103 cm³/mol. The van der Waals surface area contributed by atoms with E-state index < -0.39 is 17.2 Å². The number of nitriles is 1. The van der Waals surface area contributed by atoms with E-state index in [2.05, 4.69) is 15.3 Å². The number of hydrogen-bond acceptors (Lipinski definition) is 7. The van der Waals surface area contributed by atoms with Crippen LogP contribution < -0.4 is 15.5 Å². The highest BCUT2D eigenvalue weighted by atomic mass is 19.1. The van der Waals surface area contributed by atoms with E-state index in [1.165, 1.54) is 12.3 Å². The van der Waals surface area contributed by atoms with Crippen molar-refractivity contribution in [3.05, 3.63) is 40.7 Å². The van der Waals surface area contributed by atoms with E-state index in [9.17, 15) is 24.3 Å². The number of aryl methyl sites for hydroxylation is 1. The Bertz CT molecular complexity index is 1010. The van der Waals surface area contributed by atoms with Crippen molar-refractivity contribution in [3.8, 4) is 6.07 Å². The molecule has 0 saturated carbocycles. The highest BCUT2D eigenvalue weighted by Crippen LogP contribution is 2.40. The number of amides is 2. The molecule has 1 aliphatic heterocycles. The molecule has 2 amide bonds. The van der Waals surface area contributed by atoms with Crippen LogP contribution in [0.1, 0.15) is 33.6 Å². The minimum Gasteiger partial charge on any atom is -0.392 e. The van der Waals surface area contributed by atoms with Crippen molar-refractivity contribution in [1.82, 2.24) is 14.5 Å². The molecule has 3 heterocycles. The van der Waals surface area contributed by atoms with Gasteiger partial charge < -0.3 is 16.2 Å². The van der Waals surface area contributed by atoms with Crippen LogP contribution in [0.3, 0.4) is 0 Å². The maximum absolute atomic E-state index is 12.7. The Kier molecular flexibility index (Phi) is 5.81. The molecule has 3 rings (SSSR count). The van der Waals surface area contributed by atoms with Gasteiger partial charge >= 0.3 is 6.03 Å². The number of halogens is 1. The van der Waals surface area contributed by atoms with Gasteiger partial charge in [-0.05, 0) is 12.5 Å². The lowest BCUT2D eigenvalue weighted by molar-refractivity contribution is 0.111. The van der Waals surface area contributed by atoms with Gasteiger partial charge in [0.1, 0.15) is 25.0 Å². The van der Waals surface area contributed by atoms with Gasteiger partial charge in [0.2, 0.25) is 11.6 Å². The third-order valence-electron chi connectivity index (χ3n) is 4.96. The number of rotatable bonds is 6. The first-order valence-electron chi connectivity index (χ1n) is 8.99. The summed E-state index contributed by atoms with van der Waals surface area (Å²) in [5, 5.41) is 21.6. The third-order valence-corrected chi connectivity index (χ3v) is 4.96. The van der Waals surface area contributed by atoms with Crippen LogP contribution in [0, 0.1) is 11.3 Å². The van der Waals surface area contributed by atoms with Gasteiger partial charge in [0.15, 0.2) is 6.29 Å². The van der Waals surface area contributed by atoms with Gasteiger partial charge in [-0.3, -0.25) is 4.79 Å². The zero-order valence-electron chi connectivity index (χ0n) is 15.6. The Hall–Kier alpha value is -3.42. The number of anilines is 1. The predicted octanol–water partition coefficient (Wildman–Crippen LogP) is 1.70. The van der Waals surface area contributed by atoms with Gasteiger partial charge in [-0.15, -0.1) is 4.48 Å². The maximum Gasteiger partial charge on any atom is 0.426 e. The normalized spacial score (nSPS) is 17.8. The number of pyridine rings is 2. The molecule has 2 aromatic rings. The monoisotopic (exact) mass is 399 g/mol. The zero-order valence-corrected chi connectivity index (χ0v) is 15.6. The number of aliphatic hydroxyl groups excluding tert-OH is 1. The van der Waals surface area contributed by atoms with Crippen LogP contribution in [0.15, 0.2) is 18.3 Å². The number of hydrogen-bond donors (Lipinski definition) is 3. The van der Waals surface area contributed by atoms with E-state index in [1.54, 1.807) is 6.07 Å². The molecule has 0 spiro atoms. The number of nitrogens with one attached hydrogen (secondary N) is 1. The standard InChI is InChI=1S/C19H19FN6O3/c20-3-4-23-15-7-17(24-9-14(15)8-21)26(19(22)29)5-1-2-12-6-13(10-27)16(11-28)25-18(12)26/h6-7,9,11,27H,1-5,10H2,(H2-,22,23,24,29)/p+1. The van der Waals surface area contributed by atoms with Gasteiger partial charge in [-0.25, -0.2) is 14.2 Å². The zero-order chi connectivity index (χ0) is 21.0. The molecular weight excluding hydrogens is 379 g/mol. The Morgan fingerprint density at radius 2 is 2.28 bits per heavy atom. The van der Waals surface area contributed by atoms with Crippen LogP contribution in [0.5, 0.6) is 0 Å². The molecule has 1 unspecified atom stereocenters. The van der Waals surface area contributed by atoms with Gasteiger partial charge in [0.05, 0.1) is 24.1 Å². The molecule has 0 saturated heterocycles. The lowest BCUT2D eigenvalue weighted by Gasteiger charge is -2.35. The Morgan fingerprint density at radius 1 is 1.48 bits per heavy atom. The van der Waals surface area contributed by atoms with E-state index in [0.717, 1.165) is 0 Å². The van der Waals surface area contributed by atoms with Crippen LogP contribution >= 0.6 is 0 Å². The summed E-state index contributed by atoms with van der Waals surface area (Å²) in [5.74, 6) is 0.469. The van der Waals surface area contributed by atoms with E-state index >= 15 is 0 Å². The summed E-state index contributed by atoms with van der Waals surface area (Å²) >= 11 is 0. The number of nitrogens with two attached hydrogens (primary N) is 1. The number of aromatic nitrogens is 2. The summed E-state index contributed by atoms with van der Waals surface area (Å²) in [4.78, 5) is 32.8. The molecule has 1 aliphatic rings. The van der Waals surface area contributed by atoms with Crippen molar-refractivity contribution in [1.29, 1.82) is 5.26 Å². The molecule has 0 bridgehead atoms. The molecule has 0 radical (unpaired) electrons. The highest BCUT2D eigenvalue weighted by Gasteiger charge is 2.47. The number of aliphatic hydroxyl groups is 1. The first-order chi connectivity index (χ1) is 14.0. The van der Waals surface area contributed by atoms with E-state index in [4.69, 9.17) is 5.73 Å². The molecule has 2 aromatic heterocycles. The summed E-state index contributed by atoms with van der Waals surface area (Å²) in [6, 6.07) is 4.35. The number of urea groups is 1. The average molecular weight is 399 g/mol. The molecular formula is C19H20FN6O3+. The number of carbonyl (C=O) groups excluding carboxylic acids is 2. The van der Waals surface area contributed by atoms with Crippen molar-refractivity contribution >= 4 is 29.6 Å². The molecule has 4 N–H and O–H groups in total. The van der Waals surface area contributed by atoms with E-state index in [0.29, 0.717) is 35.9 Å². The fourth-order valence-corrected chi connectivity index (χ4v) is 3.58. The highest BCUT2D eigenvalue weighted by molar-refractivity contribution is 5.93. The van der Waals surface area contributed by atoms with E-state index in [1.807, 2.05) is 6.07 Å². The number of nitrogens with zero attached hydrogens (tertiary/aromatic N) is 4. The fraction of sp³-hybridized carbons (Fsp3) is 0.316. The molecule has 29 heavy (non-hydrogen) atoms. The number of aldehydes is 1. The summed E-state index contributed by atoms with van der Waals surface area (Å²) < 4.78 is 12.1. The van der Waals surface area contributed by atoms with Gasteiger partial charge in [-0.1, -0.05) is 0 Å². The lowest BCUT2D eigenvalue weighted by Crippen LogP contribution is -2.56. The van der Waals surface area contributed by atoms with E-state index in [-0.39, 0.29) is 42.6 Å². The third kappa shape index (κ3) is 3.41. The molecule has 0 fully saturated rings. The minimum atomic E-state index is -0.749. The van der Waals surface area contributed by atoms with Crippen molar-refractivity contribution in [2.24, 2.45) is 5.73 Å². The smallest absolute Gasteiger partial charge is 0.392 e. The molecule has 0 aliphatic carbocycles. The largest absolute Gasteiger partial charge is 0.426 e. The second-order valence-electron chi connectivity index (χ2n) is 6.58. The number of alkyl halides is 1. The SMILES string of the molecule is N#Cc1cnc([N+]2(C(N)=O)CCCc3cc(CO)c(C=O)nc32)cc1NCCF. The Labute approximate surface area is 166 Å². The second kappa shape index (κ2) is 8.30. The van der Waals surface area contributed by atoms with Crippen LogP contribution in [-0.2, 0) is 13.0 Å². The molecule has 10 heteroatoms. The number of primary amides is 1. The second-order valence-corrected chi connectivity index (χ2v) is 6.58. The topological polar surface area (TPSA) is 142 Å². The fourth-order valence-electron chi connectivity index (χ4n) is 3.58.